The van der Waals surface area contributed by atoms with E-state index in [9.17, 15) is 9.59 Å². The highest BCUT2D eigenvalue weighted by Gasteiger charge is 2.12. The highest BCUT2D eigenvalue weighted by Crippen LogP contribution is 2.20. The zero-order valence-corrected chi connectivity index (χ0v) is 12.5. The first-order chi connectivity index (χ1) is 9.43. The van der Waals surface area contributed by atoms with Crippen molar-refractivity contribution in [3.63, 3.8) is 0 Å². The van der Waals surface area contributed by atoms with E-state index in [-0.39, 0.29) is 22.3 Å². The molecule has 0 atom stereocenters. The molecule has 0 aliphatic heterocycles. The molecule has 0 bridgehead atoms. The standard InChI is InChI=1S/C13H15ClN2O3S/c1-2-3-4-11(17)16-13(20)15-10-6-5-8(14)7-9(10)12(18)19/h5-7H,2-4H2,1H3,(H,18,19)(H2,15,16,17,20). The second-order valence-corrected chi connectivity index (χ2v) is 4.95. The Morgan fingerprint density at radius 2 is 2.10 bits per heavy atom. The van der Waals surface area contributed by atoms with Crippen molar-refractivity contribution in [2.75, 3.05) is 5.32 Å². The molecule has 1 amide bonds. The van der Waals surface area contributed by atoms with Crippen LogP contribution >= 0.6 is 23.8 Å². The molecular weight excluding hydrogens is 300 g/mol. The zero-order chi connectivity index (χ0) is 15.1. The molecule has 108 valence electrons. The molecule has 0 saturated heterocycles. The average molecular weight is 315 g/mol. The van der Waals surface area contributed by atoms with Crippen molar-refractivity contribution >= 4 is 46.5 Å². The number of unbranched alkanes of at least 4 members (excludes halogenated alkanes) is 1. The number of hydrogen-bond acceptors (Lipinski definition) is 3. The third-order valence-electron chi connectivity index (χ3n) is 2.47. The maximum atomic E-state index is 11.5. The molecule has 20 heavy (non-hydrogen) atoms. The maximum Gasteiger partial charge on any atom is 0.337 e. The average Bonchev–Trinajstić information content (AvgIpc) is 2.38. The fraction of sp³-hybridized carbons (Fsp3) is 0.308. The Kier molecular flexibility index (Phi) is 6.41. The number of halogens is 1. The first-order valence-corrected chi connectivity index (χ1v) is 6.86. The van der Waals surface area contributed by atoms with E-state index >= 15 is 0 Å². The van der Waals surface area contributed by atoms with Gasteiger partial charge in [0.2, 0.25) is 5.91 Å². The predicted molar refractivity (Wildman–Crippen MR) is 82.3 cm³/mol. The summed E-state index contributed by atoms with van der Waals surface area (Å²) in [4.78, 5) is 22.6. The Morgan fingerprint density at radius 3 is 2.70 bits per heavy atom. The SMILES string of the molecule is CCCCC(=O)NC(=S)Nc1ccc(Cl)cc1C(=O)O. The van der Waals surface area contributed by atoms with Gasteiger partial charge < -0.3 is 15.7 Å². The van der Waals surface area contributed by atoms with Crippen LogP contribution < -0.4 is 10.6 Å². The lowest BCUT2D eigenvalue weighted by molar-refractivity contribution is -0.119. The number of nitrogens with one attached hydrogen (secondary N) is 2. The second kappa shape index (κ2) is 7.81. The fourth-order valence-electron chi connectivity index (χ4n) is 1.48. The van der Waals surface area contributed by atoms with Gasteiger partial charge in [-0.25, -0.2) is 4.79 Å². The summed E-state index contributed by atoms with van der Waals surface area (Å²) in [5, 5.41) is 14.6. The van der Waals surface area contributed by atoms with Crippen LogP contribution in [0.15, 0.2) is 18.2 Å². The first kappa shape index (κ1) is 16.4. The third kappa shape index (κ3) is 5.14. The molecule has 0 aliphatic rings. The quantitative estimate of drug-likeness (QED) is 0.728. The number of carbonyl (C=O) groups is 2. The molecule has 0 saturated carbocycles. The van der Waals surface area contributed by atoms with Crippen molar-refractivity contribution in [1.82, 2.24) is 5.32 Å². The van der Waals surface area contributed by atoms with Crippen molar-refractivity contribution in [2.45, 2.75) is 26.2 Å². The minimum atomic E-state index is -1.13. The van der Waals surface area contributed by atoms with Gasteiger partial charge in [0.15, 0.2) is 5.11 Å². The van der Waals surface area contributed by atoms with Crippen molar-refractivity contribution in [3.8, 4) is 0 Å². The normalized spacial score (nSPS) is 9.90. The fourth-order valence-corrected chi connectivity index (χ4v) is 1.88. The van der Waals surface area contributed by atoms with Crippen LogP contribution in [0.2, 0.25) is 5.02 Å². The molecule has 0 aliphatic carbocycles. The monoisotopic (exact) mass is 314 g/mol. The number of carboxylic acid groups (broad SMARTS) is 1. The highest BCUT2D eigenvalue weighted by atomic mass is 35.5. The molecule has 1 aromatic carbocycles. The number of rotatable bonds is 5. The van der Waals surface area contributed by atoms with Crippen LogP contribution in [0.4, 0.5) is 5.69 Å². The molecule has 3 N–H and O–H groups in total. The molecular formula is C13H15ClN2O3S. The van der Waals surface area contributed by atoms with Crippen molar-refractivity contribution in [2.24, 2.45) is 0 Å². The van der Waals surface area contributed by atoms with E-state index in [4.69, 9.17) is 28.9 Å². The third-order valence-corrected chi connectivity index (χ3v) is 2.91. The number of carbonyl (C=O) groups excluding carboxylic acids is 1. The molecule has 0 heterocycles. The molecule has 5 nitrogen and oxygen atoms in total. The van der Waals surface area contributed by atoms with Crippen LogP contribution in [0, 0.1) is 0 Å². The topological polar surface area (TPSA) is 78.4 Å². The van der Waals surface area contributed by atoms with E-state index in [2.05, 4.69) is 10.6 Å². The summed E-state index contributed by atoms with van der Waals surface area (Å²) < 4.78 is 0. The minimum Gasteiger partial charge on any atom is -0.478 e. The summed E-state index contributed by atoms with van der Waals surface area (Å²) in [6, 6.07) is 4.35. The molecule has 0 radical (unpaired) electrons. The molecule has 0 fully saturated rings. The summed E-state index contributed by atoms with van der Waals surface area (Å²) in [7, 11) is 0. The lowest BCUT2D eigenvalue weighted by Crippen LogP contribution is -2.34. The van der Waals surface area contributed by atoms with Gasteiger partial charge in [-0.15, -0.1) is 0 Å². The van der Waals surface area contributed by atoms with Crippen molar-refractivity contribution in [1.29, 1.82) is 0 Å². The number of thiocarbonyl (C=S) groups is 1. The number of hydrogen-bond donors (Lipinski definition) is 3. The summed E-state index contributed by atoms with van der Waals surface area (Å²) in [6.07, 6.45) is 2.06. The predicted octanol–water partition coefficient (Wildman–Crippen LogP) is 3.04. The van der Waals surface area contributed by atoms with Gasteiger partial charge in [0, 0.05) is 11.4 Å². The Morgan fingerprint density at radius 1 is 1.40 bits per heavy atom. The Bertz CT molecular complexity index is 534. The Labute approximate surface area is 127 Å². The molecule has 0 aromatic heterocycles. The van der Waals surface area contributed by atoms with Crippen molar-refractivity contribution < 1.29 is 14.7 Å². The minimum absolute atomic E-state index is 0.0114. The first-order valence-electron chi connectivity index (χ1n) is 6.07. The smallest absolute Gasteiger partial charge is 0.337 e. The van der Waals surface area contributed by atoms with Crippen LogP contribution in [0.5, 0.6) is 0 Å². The molecule has 7 heteroatoms. The Hall–Kier alpha value is -1.66. The van der Waals surface area contributed by atoms with Gasteiger partial charge >= 0.3 is 5.97 Å². The number of carboxylic acids is 1. The van der Waals surface area contributed by atoms with Crippen LogP contribution in [0.1, 0.15) is 36.5 Å². The van der Waals surface area contributed by atoms with Gasteiger partial charge in [0.25, 0.3) is 0 Å². The summed E-state index contributed by atoms with van der Waals surface area (Å²) in [5.41, 5.74) is 0.269. The number of anilines is 1. The summed E-state index contributed by atoms with van der Waals surface area (Å²) in [5.74, 6) is -1.33. The lowest BCUT2D eigenvalue weighted by atomic mass is 10.2. The Balaban J connectivity index is 2.71. The highest BCUT2D eigenvalue weighted by molar-refractivity contribution is 7.80. The molecule has 0 unspecified atom stereocenters. The van der Waals surface area contributed by atoms with E-state index in [1.807, 2.05) is 6.92 Å². The van der Waals surface area contributed by atoms with Gasteiger partial charge in [-0.3, -0.25) is 4.79 Å². The van der Waals surface area contributed by atoms with Gasteiger partial charge in [-0.1, -0.05) is 24.9 Å². The van der Waals surface area contributed by atoms with E-state index in [1.165, 1.54) is 18.2 Å². The maximum absolute atomic E-state index is 11.5. The van der Waals surface area contributed by atoms with Crippen LogP contribution in [-0.2, 0) is 4.79 Å². The van der Waals surface area contributed by atoms with Gasteiger partial charge in [0.1, 0.15) is 0 Å². The molecule has 1 rings (SSSR count). The van der Waals surface area contributed by atoms with Crippen LogP contribution in [0.3, 0.4) is 0 Å². The van der Waals surface area contributed by atoms with Crippen LogP contribution in [0.25, 0.3) is 0 Å². The molecule has 0 spiro atoms. The van der Waals surface area contributed by atoms with Gasteiger partial charge in [0.05, 0.1) is 11.3 Å². The van der Waals surface area contributed by atoms with E-state index in [0.29, 0.717) is 11.4 Å². The zero-order valence-electron chi connectivity index (χ0n) is 10.9. The number of aromatic carboxylic acids is 1. The summed E-state index contributed by atoms with van der Waals surface area (Å²) in [6.45, 7) is 1.98. The molecule has 1 aromatic rings. The van der Waals surface area contributed by atoms with E-state index in [0.717, 1.165) is 12.8 Å². The van der Waals surface area contributed by atoms with E-state index in [1.54, 1.807) is 0 Å². The largest absolute Gasteiger partial charge is 0.478 e. The second-order valence-electron chi connectivity index (χ2n) is 4.10. The van der Waals surface area contributed by atoms with E-state index < -0.39 is 5.97 Å². The number of amides is 1. The van der Waals surface area contributed by atoms with Gasteiger partial charge in [-0.05, 0) is 36.8 Å². The van der Waals surface area contributed by atoms with Crippen LogP contribution in [-0.4, -0.2) is 22.1 Å². The van der Waals surface area contributed by atoms with Crippen molar-refractivity contribution in [3.05, 3.63) is 28.8 Å². The lowest BCUT2D eigenvalue weighted by Gasteiger charge is -2.11. The van der Waals surface area contributed by atoms with Gasteiger partial charge in [-0.2, -0.15) is 0 Å². The number of benzene rings is 1. The summed E-state index contributed by atoms with van der Waals surface area (Å²) >= 11 is 10.7.